The number of carbonyl (C=O) groups is 1. The number of rotatable bonds is 6. The van der Waals surface area contributed by atoms with Crippen LogP contribution in [0.5, 0.6) is 0 Å². The minimum Gasteiger partial charge on any atom is -0.346 e. The molecule has 1 N–H and O–H groups in total. The van der Waals surface area contributed by atoms with Crippen LogP contribution >= 0.6 is 0 Å². The first-order valence-corrected chi connectivity index (χ1v) is 10.1. The van der Waals surface area contributed by atoms with E-state index in [1.807, 2.05) is 36.1 Å². The molecule has 1 atom stereocenters. The molecule has 1 aromatic heterocycles. The van der Waals surface area contributed by atoms with Gasteiger partial charge in [0.05, 0.1) is 5.69 Å². The van der Waals surface area contributed by atoms with E-state index >= 15 is 0 Å². The second kappa shape index (κ2) is 8.42. The third-order valence-corrected chi connectivity index (χ3v) is 5.55. The highest BCUT2D eigenvalue weighted by atomic mass is 16.2. The largest absolute Gasteiger partial charge is 0.346 e. The minimum atomic E-state index is 0.0341. The molecule has 1 heterocycles. The number of imidazole rings is 1. The molecule has 0 aliphatic heterocycles. The highest BCUT2D eigenvalue weighted by molar-refractivity contribution is 5.79. The van der Waals surface area contributed by atoms with Crippen LogP contribution in [0.15, 0.2) is 60.7 Å². The Morgan fingerprint density at radius 2 is 1.75 bits per heavy atom. The molecule has 1 aliphatic carbocycles. The zero-order valence-electron chi connectivity index (χ0n) is 16.4. The van der Waals surface area contributed by atoms with Gasteiger partial charge in [0.1, 0.15) is 5.82 Å². The predicted octanol–water partition coefficient (Wildman–Crippen LogP) is 4.09. The Hall–Kier alpha value is -2.88. The van der Waals surface area contributed by atoms with Crippen LogP contribution in [-0.4, -0.2) is 27.3 Å². The molecule has 0 saturated carbocycles. The van der Waals surface area contributed by atoms with E-state index in [2.05, 4.69) is 46.4 Å². The van der Waals surface area contributed by atoms with Crippen molar-refractivity contribution in [1.29, 1.82) is 0 Å². The molecule has 144 valence electrons. The number of aromatic amines is 1. The number of nitrogens with zero attached hydrogens (tertiary/aromatic N) is 2. The summed E-state index contributed by atoms with van der Waals surface area (Å²) < 4.78 is 0. The highest BCUT2D eigenvalue weighted by Gasteiger charge is 2.30. The van der Waals surface area contributed by atoms with E-state index in [4.69, 9.17) is 0 Å². The molecule has 0 saturated heterocycles. The van der Waals surface area contributed by atoms with E-state index in [-0.39, 0.29) is 11.8 Å². The van der Waals surface area contributed by atoms with Crippen molar-refractivity contribution in [3.05, 3.63) is 89.0 Å². The van der Waals surface area contributed by atoms with Gasteiger partial charge in [0.15, 0.2) is 0 Å². The van der Waals surface area contributed by atoms with E-state index in [9.17, 15) is 4.79 Å². The lowest BCUT2D eigenvalue weighted by Crippen LogP contribution is -2.39. The Morgan fingerprint density at radius 1 is 1.07 bits per heavy atom. The molecule has 4 rings (SSSR count). The second-order valence-corrected chi connectivity index (χ2v) is 7.67. The summed E-state index contributed by atoms with van der Waals surface area (Å²) in [5.41, 5.74) is 4.73. The van der Waals surface area contributed by atoms with E-state index < -0.39 is 0 Å². The molecular weight excluding hydrogens is 346 g/mol. The van der Waals surface area contributed by atoms with Crippen molar-refractivity contribution in [2.24, 2.45) is 5.92 Å². The lowest BCUT2D eigenvalue weighted by molar-refractivity contribution is -0.136. The summed E-state index contributed by atoms with van der Waals surface area (Å²) in [6, 6.07) is 20.7. The van der Waals surface area contributed by atoms with Crippen LogP contribution in [0.3, 0.4) is 0 Å². The van der Waals surface area contributed by atoms with Crippen molar-refractivity contribution in [2.75, 3.05) is 6.54 Å². The maximum Gasteiger partial charge on any atom is 0.226 e. The molecule has 4 heteroatoms. The number of hydrogen-bond acceptors (Lipinski definition) is 2. The molecule has 0 fully saturated rings. The average molecular weight is 374 g/mol. The van der Waals surface area contributed by atoms with E-state index in [0.29, 0.717) is 6.54 Å². The van der Waals surface area contributed by atoms with Crippen LogP contribution in [0.4, 0.5) is 0 Å². The fraction of sp³-hybridized carbons (Fsp3) is 0.333. The Kier molecular flexibility index (Phi) is 5.56. The van der Waals surface area contributed by atoms with E-state index in [1.165, 1.54) is 11.1 Å². The highest BCUT2D eigenvalue weighted by Crippen LogP contribution is 2.26. The monoisotopic (exact) mass is 373 g/mol. The third-order valence-electron chi connectivity index (χ3n) is 5.55. The second-order valence-electron chi connectivity index (χ2n) is 7.67. The van der Waals surface area contributed by atoms with Crippen molar-refractivity contribution in [2.45, 2.75) is 39.2 Å². The summed E-state index contributed by atoms with van der Waals surface area (Å²) in [6.07, 6.45) is 3.41. The van der Waals surface area contributed by atoms with Crippen LogP contribution < -0.4 is 0 Å². The van der Waals surface area contributed by atoms with Gasteiger partial charge in [-0.3, -0.25) is 4.79 Å². The topological polar surface area (TPSA) is 49.0 Å². The molecule has 3 aromatic rings. The molecule has 2 aromatic carbocycles. The number of fused-ring (bicyclic) bond motifs is 1. The van der Waals surface area contributed by atoms with Gasteiger partial charge in [-0.2, -0.15) is 0 Å². The molecule has 0 spiro atoms. The summed E-state index contributed by atoms with van der Waals surface area (Å²) in [5.74, 6) is 1.24. The molecule has 0 bridgehead atoms. The van der Waals surface area contributed by atoms with Crippen LogP contribution in [0.1, 0.15) is 34.8 Å². The molecule has 28 heavy (non-hydrogen) atoms. The van der Waals surface area contributed by atoms with Gasteiger partial charge >= 0.3 is 0 Å². The Balaban J connectivity index is 1.49. The smallest absolute Gasteiger partial charge is 0.226 e. The molecule has 4 nitrogen and oxygen atoms in total. The minimum absolute atomic E-state index is 0.0341. The van der Waals surface area contributed by atoms with Crippen molar-refractivity contribution in [1.82, 2.24) is 14.9 Å². The van der Waals surface area contributed by atoms with Crippen LogP contribution in [-0.2, 0) is 30.6 Å². The molecule has 0 radical (unpaired) electrons. The summed E-state index contributed by atoms with van der Waals surface area (Å²) in [5, 5.41) is 0. The quantitative estimate of drug-likeness (QED) is 0.707. The van der Waals surface area contributed by atoms with Crippen LogP contribution in [0.2, 0.25) is 0 Å². The maximum absolute atomic E-state index is 13.4. The third kappa shape index (κ3) is 4.33. The lowest BCUT2D eigenvalue weighted by atomic mass is 9.88. The van der Waals surface area contributed by atoms with E-state index in [1.54, 1.807) is 0 Å². The van der Waals surface area contributed by atoms with Gasteiger partial charge in [-0.1, -0.05) is 60.7 Å². The fourth-order valence-electron chi connectivity index (χ4n) is 4.07. The predicted molar refractivity (Wildman–Crippen MR) is 111 cm³/mol. The summed E-state index contributed by atoms with van der Waals surface area (Å²) in [7, 11) is 0. The maximum atomic E-state index is 13.4. The zero-order chi connectivity index (χ0) is 19.3. The van der Waals surface area contributed by atoms with Gasteiger partial charge in [-0.25, -0.2) is 4.98 Å². The van der Waals surface area contributed by atoms with Crippen molar-refractivity contribution >= 4 is 5.91 Å². The first-order chi connectivity index (χ1) is 13.7. The van der Waals surface area contributed by atoms with Gasteiger partial charge in [0, 0.05) is 31.1 Å². The number of H-pyrrole nitrogens is 1. The first kappa shape index (κ1) is 18.5. The standard InChI is InChI=1S/C24H27N3O/c1-18-25-22-13-12-21(16-23(22)26-18)24(28)27(17-20-10-6-3-7-11-20)15-14-19-8-4-2-5-9-19/h2-11,21H,12-17H2,1H3,(H,25,26). The molecular formula is C24H27N3O. The van der Waals surface area contributed by atoms with Crippen molar-refractivity contribution in [3.63, 3.8) is 0 Å². The number of amides is 1. The van der Waals surface area contributed by atoms with E-state index in [0.717, 1.165) is 49.4 Å². The molecule has 1 amide bonds. The summed E-state index contributed by atoms with van der Waals surface area (Å²) >= 11 is 0. The van der Waals surface area contributed by atoms with Gasteiger partial charge in [-0.15, -0.1) is 0 Å². The Bertz CT molecular complexity index is 918. The Morgan fingerprint density at radius 3 is 2.46 bits per heavy atom. The lowest BCUT2D eigenvalue weighted by Gasteiger charge is -2.29. The average Bonchev–Trinajstić information content (AvgIpc) is 3.11. The number of aromatic nitrogens is 2. The fourth-order valence-corrected chi connectivity index (χ4v) is 4.07. The number of carbonyl (C=O) groups excluding carboxylic acids is 1. The van der Waals surface area contributed by atoms with Gasteiger partial charge < -0.3 is 9.88 Å². The summed E-state index contributed by atoms with van der Waals surface area (Å²) in [4.78, 5) is 23.4. The number of benzene rings is 2. The first-order valence-electron chi connectivity index (χ1n) is 10.1. The summed E-state index contributed by atoms with van der Waals surface area (Å²) in [6.45, 7) is 3.39. The van der Waals surface area contributed by atoms with Crippen molar-refractivity contribution < 1.29 is 4.79 Å². The SMILES string of the molecule is Cc1nc2c([nH]1)CC(C(=O)N(CCc1ccccc1)Cc1ccccc1)CC2. The zero-order valence-corrected chi connectivity index (χ0v) is 16.4. The number of hydrogen-bond donors (Lipinski definition) is 1. The number of nitrogens with one attached hydrogen (secondary N) is 1. The van der Waals surface area contributed by atoms with Crippen LogP contribution in [0, 0.1) is 12.8 Å². The van der Waals surface area contributed by atoms with Crippen molar-refractivity contribution in [3.8, 4) is 0 Å². The van der Waals surface area contributed by atoms with Gasteiger partial charge in [-0.05, 0) is 37.3 Å². The molecule has 1 aliphatic rings. The Labute approximate surface area is 166 Å². The normalized spacial score (nSPS) is 15.8. The van der Waals surface area contributed by atoms with Gasteiger partial charge in [0.25, 0.3) is 0 Å². The number of aryl methyl sites for hydroxylation is 2. The molecule has 1 unspecified atom stereocenters. The van der Waals surface area contributed by atoms with Crippen LogP contribution in [0.25, 0.3) is 0 Å². The van der Waals surface area contributed by atoms with Gasteiger partial charge in [0.2, 0.25) is 5.91 Å².